The summed E-state index contributed by atoms with van der Waals surface area (Å²) in [5, 5.41) is 17.2. The average molecular weight is 539 g/mol. The Labute approximate surface area is 232 Å². The van der Waals surface area contributed by atoms with Crippen molar-refractivity contribution in [1.29, 1.82) is 5.26 Å². The maximum atomic E-state index is 14.0. The number of carbonyl (C=O) groups is 4. The van der Waals surface area contributed by atoms with Crippen LogP contribution in [-0.2, 0) is 24.6 Å². The van der Waals surface area contributed by atoms with Crippen molar-refractivity contribution in [1.82, 2.24) is 14.8 Å². The van der Waals surface area contributed by atoms with Crippen molar-refractivity contribution in [2.45, 2.75) is 44.2 Å². The summed E-state index contributed by atoms with van der Waals surface area (Å²) in [6.07, 6.45) is 3.77. The van der Waals surface area contributed by atoms with Gasteiger partial charge in [0, 0.05) is 49.2 Å². The van der Waals surface area contributed by atoms with Gasteiger partial charge >= 0.3 is 11.8 Å². The second-order valence-corrected chi connectivity index (χ2v) is 10.9. The number of likely N-dealkylation sites (N-methyl/N-ethyl adjacent to an activating group) is 1. The highest BCUT2D eigenvalue weighted by Crippen LogP contribution is 2.46. The number of nitrogens with zero attached hydrogens (tertiary/aromatic N) is 4. The van der Waals surface area contributed by atoms with Crippen molar-refractivity contribution in [3.63, 3.8) is 0 Å². The molecule has 40 heavy (non-hydrogen) atoms. The quantitative estimate of drug-likeness (QED) is 0.480. The normalized spacial score (nSPS) is 20.2. The minimum absolute atomic E-state index is 0.00830. The smallest absolute Gasteiger partial charge is 0.313 e. The maximum absolute atomic E-state index is 14.0. The Bertz CT molecular complexity index is 1560. The zero-order chi connectivity index (χ0) is 28.6. The van der Waals surface area contributed by atoms with Crippen LogP contribution in [0.25, 0.3) is 10.8 Å². The number of para-hydroxylation sites is 1. The maximum Gasteiger partial charge on any atom is 0.313 e. The minimum atomic E-state index is -1.04. The van der Waals surface area contributed by atoms with Crippen LogP contribution < -0.4 is 10.6 Å². The van der Waals surface area contributed by atoms with Crippen LogP contribution in [0.1, 0.15) is 32.3 Å². The highest BCUT2D eigenvalue weighted by atomic mass is 16.2. The summed E-state index contributed by atoms with van der Waals surface area (Å²) in [7, 11) is 1.42. The predicted molar refractivity (Wildman–Crippen MR) is 149 cm³/mol. The molecular formula is C30H30N6O4. The van der Waals surface area contributed by atoms with Crippen molar-refractivity contribution in [3.05, 3.63) is 66.5 Å². The lowest BCUT2D eigenvalue weighted by molar-refractivity contribution is -0.149. The number of benzene rings is 2. The van der Waals surface area contributed by atoms with E-state index in [4.69, 9.17) is 0 Å². The number of likely N-dealkylation sites (tertiary alicyclic amines) is 1. The highest BCUT2D eigenvalue weighted by molar-refractivity contribution is 6.40. The van der Waals surface area contributed by atoms with E-state index >= 15 is 0 Å². The molecule has 2 N–H and O–H groups in total. The zero-order valence-corrected chi connectivity index (χ0v) is 22.5. The summed E-state index contributed by atoms with van der Waals surface area (Å²) in [5.41, 5.74) is 0.826. The number of hydrogen-bond acceptors (Lipinski definition) is 6. The third-order valence-corrected chi connectivity index (χ3v) is 7.78. The van der Waals surface area contributed by atoms with E-state index in [2.05, 4.69) is 21.7 Å². The molecule has 4 amide bonds. The number of rotatable bonds is 5. The van der Waals surface area contributed by atoms with Gasteiger partial charge in [-0.1, -0.05) is 38.1 Å². The molecule has 10 nitrogen and oxygen atoms in total. The summed E-state index contributed by atoms with van der Waals surface area (Å²) in [4.78, 5) is 60.0. The van der Waals surface area contributed by atoms with Gasteiger partial charge < -0.3 is 20.4 Å². The van der Waals surface area contributed by atoms with Crippen molar-refractivity contribution in [2.75, 3.05) is 24.2 Å². The van der Waals surface area contributed by atoms with Gasteiger partial charge in [-0.25, -0.2) is 0 Å². The van der Waals surface area contributed by atoms with Gasteiger partial charge in [0.2, 0.25) is 11.8 Å². The van der Waals surface area contributed by atoms with Gasteiger partial charge in [-0.3, -0.25) is 24.2 Å². The fraction of sp³-hybridized carbons (Fsp3) is 0.333. The van der Waals surface area contributed by atoms with Crippen molar-refractivity contribution in [3.8, 4) is 6.07 Å². The Morgan fingerprint density at radius 1 is 1.20 bits per heavy atom. The van der Waals surface area contributed by atoms with Gasteiger partial charge in [0.15, 0.2) is 0 Å². The summed E-state index contributed by atoms with van der Waals surface area (Å²) in [5.74, 6) is -2.46. The number of fused-ring (bicyclic) bond motifs is 3. The van der Waals surface area contributed by atoms with Crippen LogP contribution in [-0.4, -0.2) is 64.1 Å². The molecule has 2 aromatic carbocycles. The molecule has 1 aromatic heterocycles. The Morgan fingerprint density at radius 3 is 2.73 bits per heavy atom. The predicted octanol–water partition coefficient (Wildman–Crippen LogP) is 3.06. The molecule has 3 heterocycles. The lowest BCUT2D eigenvalue weighted by Gasteiger charge is -2.33. The number of amides is 4. The molecule has 5 rings (SSSR count). The second kappa shape index (κ2) is 10.4. The van der Waals surface area contributed by atoms with Gasteiger partial charge in [0.1, 0.15) is 12.1 Å². The average Bonchev–Trinajstić information content (AvgIpc) is 3.48. The van der Waals surface area contributed by atoms with E-state index in [1.165, 1.54) is 11.9 Å². The third-order valence-electron chi connectivity index (χ3n) is 7.78. The molecule has 1 fully saturated rings. The zero-order valence-electron chi connectivity index (χ0n) is 22.5. The van der Waals surface area contributed by atoms with Crippen LogP contribution >= 0.6 is 0 Å². The van der Waals surface area contributed by atoms with Gasteiger partial charge in [0.05, 0.1) is 11.5 Å². The molecule has 204 valence electrons. The Kier molecular flexibility index (Phi) is 6.98. The molecule has 3 atom stereocenters. The number of pyridine rings is 1. The van der Waals surface area contributed by atoms with Gasteiger partial charge in [-0.2, -0.15) is 5.26 Å². The topological polar surface area (TPSA) is 136 Å². The first-order valence-corrected chi connectivity index (χ1v) is 13.2. The Morgan fingerprint density at radius 2 is 1.98 bits per heavy atom. The van der Waals surface area contributed by atoms with Crippen molar-refractivity contribution < 1.29 is 19.2 Å². The van der Waals surface area contributed by atoms with Crippen LogP contribution in [0.5, 0.6) is 0 Å². The first kappa shape index (κ1) is 26.8. The first-order valence-electron chi connectivity index (χ1n) is 13.2. The number of aromatic nitrogens is 1. The molecule has 0 saturated carbocycles. The van der Waals surface area contributed by atoms with E-state index in [-0.39, 0.29) is 31.2 Å². The Balaban J connectivity index is 1.37. The van der Waals surface area contributed by atoms with Gasteiger partial charge in [-0.15, -0.1) is 0 Å². The lowest BCUT2D eigenvalue weighted by atomic mass is 9.80. The lowest BCUT2D eigenvalue weighted by Crippen LogP contribution is -2.53. The van der Waals surface area contributed by atoms with Crippen LogP contribution in [0, 0.1) is 17.2 Å². The molecule has 2 aliphatic rings. The molecule has 10 heteroatoms. The molecule has 0 radical (unpaired) electrons. The van der Waals surface area contributed by atoms with Crippen LogP contribution in [0.4, 0.5) is 11.4 Å². The molecule has 0 aliphatic carbocycles. The highest BCUT2D eigenvalue weighted by Gasteiger charge is 2.56. The molecule has 1 spiro atoms. The molecule has 0 unspecified atom stereocenters. The number of nitrogens with one attached hydrogen (secondary N) is 2. The Hall–Kier alpha value is -4.78. The summed E-state index contributed by atoms with van der Waals surface area (Å²) in [6, 6.07) is 14.6. The van der Waals surface area contributed by atoms with Crippen molar-refractivity contribution in [2.24, 2.45) is 5.92 Å². The van der Waals surface area contributed by atoms with Gasteiger partial charge in [0.25, 0.3) is 0 Å². The molecule has 1 saturated heterocycles. The van der Waals surface area contributed by atoms with E-state index < -0.39 is 35.2 Å². The fourth-order valence-electron chi connectivity index (χ4n) is 5.70. The summed E-state index contributed by atoms with van der Waals surface area (Å²) in [6.45, 7) is 3.84. The van der Waals surface area contributed by atoms with Gasteiger partial charge in [-0.05, 0) is 47.6 Å². The van der Waals surface area contributed by atoms with E-state index in [1.54, 1.807) is 42.7 Å². The minimum Gasteiger partial charge on any atom is -0.325 e. The van der Waals surface area contributed by atoms with Crippen LogP contribution in [0.15, 0.2) is 60.9 Å². The molecule has 0 bridgehead atoms. The van der Waals surface area contributed by atoms with Crippen molar-refractivity contribution >= 4 is 45.8 Å². The van der Waals surface area contributed by atoms with Crippen LogP contribution in [0.2, 0.25) is 0 Å². The molecule has 2 aliphatic heterocycles. The summed E-state index contributed by atoms with van der Waals surface area (Å²) < 4.78 is 0. The second-order valence-electron chi connectivity index (χ2n) is 10.9. The summed E-state index contributed by atoms with van der Waals surface area (Å²) >= 11 is 0. The standard InChI is InChI=1S/C30H30N6O4/c1-18(2)12-25(35(3)28(39)26(37)33-21-9-8-20-16-32-11-10-19(20)13-21)27(38)36-17-30(14-22(36)15-31)23-6-4-5-7-24(23)34-29(30)40/h4-11,13,16,18,22,25H,12,14,17H2,1-3H3,(H,33,37)(H,34,40)/t22-,25-,30-/m0/s1. The SMILES string of the molecule is CC(C)C[C@@H](C(=O)N1C[C@]2(C[C@H]1C#N)C(=O)Nc1ccccc12)N(C)C(=O)C(=O)Nc1ccc2cnccc2c1. The van der Waals surface area contributed by atoms with E-state index in [0.29, 0.717) is 11.4 Å². The number of hydrogen-bond donors (Lipinski definition) is 2. The van der Waals surface area contributed by atoms with Crippen LogP contribution in [0.3, 0.4) is 0 Å². The number of nitriles is 1. The van der Waals surface area contributed by atoms with E-state index in [0.717, 1.165) is 21.2 Å². The van der Waals surface area contributed by atoms with E-state index in [1.807, 2.05) is 32.0 Å². The third kappa shape index (κ3) is 4.64. The number of carbonyl (C=O) groups excluding carboxylic acids is 4. The number of anilines is 2. The monoisotopic (exact) mass is 538 g/mol. The largest absolute Gasteiger partial charge is 0.325 e. The molecule has 3 aromatic rings. The molecular weight excluding hydrogens is 508 g/mol. The first-order chi connectivity index (χ1) is 19.1. The van der Waals surface area contributed by atoms with E-state index in [9.17, 15) is 24.4 Å². The fourth-order valence-corrected chi connectivity index (χ4v) is 5.70.